The molecule has 0 aromatic heterocycles. The molecule has 12 nitrogen and oxygen atoms in total. The summed E-state index contributed by atoms with van der Waals surface area (Å²) < 4.78 is 10.4. The topological polar surface area (TPSA) is 180 Å². The minimum Gasteiger partial charge on any atom is -0.478 e. The summed E-state index contributed by atoms with van der Waals surface area (Å²) in [6, 6.07) is 12.9. The van der Waals surface area contributed by atoms with Gasteiger partial charge in [0.2, 0.25) is 11.8 Å². The van der Waals surface area contributed by atoms with E-state index in [1.165, 1.54) is 12.1 Å². The molecule has 0 fully saturated rings. The number of rotatable bonds is 16. The van der Waals surface area contributed by atoms with Gasteiger partial charge in [0.1, 0.15) is 23.4 Å². The molecule has 2 atom stereocenters. The third-order valence-corrected chi connectivity index (χ3v) is 6.07. The number of carbonyl (C=O) groups is 5. The van der Waals surface area contributed by atoms with Crippen molar-refractivity contribution in [1.82, 2.24) is 16.0 Å². The summed E-state index contributed by atoms with van der Waals surface area (Å²) in [5, 5.41) is 26.3. The second-order valence-electron chi connectivity index (χ2n) is 11.0. The number of aliphatic carboxylic acids is 2. The number of nitrogens with one attached hydrogen (secondary N) is 3. The van der Waals surface area contributed by atoms with E-state index < -0.39 is 53.6 Å². The predicted octanol–water partition coefficient (Wildman–Crippen LogP) is 3.07. The highest BCUT2D eigenvalue weighted by Gasteiger charge is 2.30. The average Bonchev–Trinajstić information content (AvgIpc) is 2.93. The van der Waals surface area contributed by atoms with Gasteiger partial charge in [-0.1, -0.05) is 62.2 Å². The summed E-state index contributed by atoms with van der Waals surface area (Å²) in [4.78, 5) is 61.6. The third kappa shape index (κ3) is 12.8. The molecule has 0 aliphatic carbocycles. The van der Waals surface area contributed by atoms with Gasteiger partial charge in [0, 0.05) is 19.4 Å². The number of carbonyl (C=O) groups excluding carboxylic acids is 3. The average molecular weight is 600 g/mol. The lowest BCUT2D eigenvalue weighted by molar-refractivity contribution is -0.159. The number of amides is 3. The first kappa shape index (κ1) is 34.6. The molecule has 12 heteroatoms. The van der Waals surface area contributed by atoms with E-state index in [9.17, 15) is 24.0 Å². The van der Waals surface area contributed by atoms with Gasteiger partial charge >= 0.3 is 18.0 Å². The first-order chi connectivity index (χ1) is 20.3. The fourth-order valence-electron chi connectivity index (χ4n) is 3.98. The van der Waals surface area contributed by atoms with Gasteiger partial charge in [0.15, 0.2) is 0 Å². The monoisotopic (exact) mass is 599 g/mol. The number of ether oxygens (including phenoxy) is 2. The molecule has 0 aliphatic rings. The molecule has 0 heterocycles. The molecule has 2 rings (SSSR count). The van der Waals surface area contributed by atoms with E-state index >= 15 is 0 Å². The van der Waals surface area contributed by atoms with E-state index in [1.807, 2.05) is 37.3 Å². The molecule has 3 amide bonds. The molecule has 234 valence electrons. The Morgan fingerprint density at radius 1 is 0.767 bits per heavy atom. The minimum absolute atomic E-state index is 0.00707. The molecule has 0 unspecified atom stereocenters. The van der Waals surface area contributed by atoms with Crippen molar-refractivity contribution in [2.45, 2.75) is 83.6 Å². The highest BCUT2D eigenvalue weighted by atomic mass is 16.6. The maximum atomic E-state index is 13.5. The van der Waals surface area contributed by atoms with Crippen molar-refractivity contribution in [3.8, 4) is 5.75 Å². The maximum absolute atomic E-state index is 13.5. The molecule has 0 spiro atoms. The van der Waals surface area contributed by atoms with Gasteiger partial charge in [0.05, 0.1) is 0 Å². The lowest BCUT2D eigenvalue weighted by Gasteiger charge is -2.25. The van der Waals surface area contributed by atoms with Crippen molar-refractivity contribution in [1.29, 1.82) is 0 Å². The number of alkyl carbamates (subject to hydrolysis) is 1. The quantitative estimate of drug-likeness (QED) is 0.143. The van der Waals surface area contributed by atoms with Crippen molar-refractivity contribution in [3.63, 3.8) is 0 Å². The maximum Gasteiger partial charge on any atom is 0.408 e. The van der Waals surface area contributed by atoms with Gasteiger partial charge in [-0.25, -0.2) is 14.4 Å². The molecule has 0 aliphatic heterocycles. The molecule has 2 aromatic carbocycles. The summed E-state index contributed by atoms with van der Waals surface area (Å²) in [6.07, 6.45) is -0.00126. The number of hydrogen-bond acceptors (Lipinski definition) is 7. The van der Waals surface area contributed by atoms with Crippen molar-refractivity contribution >= 4 is 29.8 Å². The Balaban J connectivity index is 2.25. The van der Waals surface area contributed by atoms with E-state index in [2.05, 4.69) is 16.0 Å². The van der Waals surface area contributed by atoms with Crippen LogP contribution in [0.4, 0.5) is 4.79 Å². The summed E-state index contributed by atoms with van der Waals surface area (Å²) in [5.74, 6) is -4.30. The fraction of sp³-hybridized carbons (Fsp3) is 0.452. The Morgan fingerprint density at radius 3 is 1.86 bits per heavy atom. The van der Waals surface area contributed by atoms with Crippen LogP contribution in [0.5, 0.6) is 5.75 Å². The number of carboxylic acid groups (broad SMARTS) is 2. The third-order valence-electron chi connectivity index (χ3n) is 6.07. The Morgan fingerprint density at radius 2 is 1.33 bits per heavy atom. The number of hydrogen-bond donors (Lipinski definition) is 5. The Kier molecular flexibility index (Phi) is 13.5. The van der Waals surface area contributed by atoms with Gasteiger partial charge < -0.3 is 35.6 Å². The van der Waals surface area contributed by atoms with E-state index in [4.69, 9.17) is 19.7 Å². The van der Waals surface area contributed by atoms with Crippen LogP contribution in [-0.4, -0.2) is 70.4 Å². The van der Waals surface area contributed by atoms with Gasteiger partial charge in [-0.05, 0) is 50.5 Å². The largest absolute Gasteiger partial charge is 0.478 e. The zero-order chi connectivity index (χ0) is 32.0. The fourth-order valence-corrected chi connectivity index (χ4v) is 3.98. The second-order valence-corrected chi connectivity index (χ2v) is 11.0. The van der Waals surface area contributed by atoms with Crippen LogP contribution in [0.3, 0.4) is 0 Å². The van der Waals surface area contributed by atoms with Crippen molar-refractivity contribution in [2.75, 3.05) is 6.54 Å². The minimum atomic E-state index is -2.08. The molecule has 5 N–H and O–H groups in total. The Bertz CT molecular complexity index is 1210. The lowest BCUT2D eigenvalue weighted by Crippen LogP contribution is -2.55. The summed E-state index contributed by atoms with van der Waals surface area (Å²) >= 11 is 0. The highest BCUT2D eigenvalue weighted by molar-refractivity contribution is 5.96. The van der Waals surface area contributed by atoms with Gasteiger partial charge in [-0.15, -0.1) is 0 Å². The first-order valence-electron chi connectivity index (χ1n) is 14.1. The number of carboxylic acids is 2. The van der Waals surface area contributed by atoms with Crippen molar-refractivity contribution in [2.24, 2.45) is 0 Å². The molecule has 2 aromatic rings. The van der Waals surface area contributed by atoms with Gasteiger partial charge in [-0.3, -0.25) is 9.59 Å². The van der Waals surface area contributed by atoms with E-state index in [1.54, 1.807) is 32.9 Å². The van der Waals surface area contributed by atoms with E-state index in [0.29, 0.717) is 12.1 Å². The second kappa shape index (κ2) is 16.7. The van der Waals surface area contributed by atoms with Crippen LogP contribution >= 0.6 is 0 Å². The van der Waals surface area contributed by atoms with Gasteiger partial charge in [0.25, 0.3) is 6.10 Å². The van der Waals surface area contributed by atoms with Crippen LogP contribution in [0.2, 0.25) is 0 Å². The molecule has 0 bridgehead atoms. The number of benzene rings is 2. The van der Waals surface area contributed by atoms with E-state index in [-0.39, 0.29) is 18.6 Å². The predicted molar refractivity (Wildman–Crippen MR) is 158 cm³/mol. The van der Waals surface area contributed by atoms with Crippen LogP contribution in [0.25, 0.3) is 0 Å². The Labute approximate surface area is 251 Å². The molecule has 43 heavy (non-hydrogen) atoms. The molecular weight excluding hydrogens is 558 g/mol. The summed E-state index contributed by atoms with van der Waals surface area (Å²) in [5.41, 5.74) is 0.586. The van der Waals surface area contributed by atoms with Crippen molar-refractivity contribution < 1.29 is 43.7 Å². The van der Waals surface area contributed by atoms with Crippen LogP contribution in [0, 0.1) is 0 Å². The van der Waals surface area contributed by atoms with Crippen LogP contribution in [0.15, 0.2) is 54.6 Å². The van der Waals surface area contributed by atoms with E-state index in [0.717, 1.165) is 24.8 Å². The Hall–Kier alpha value is -4.61. The highest BCUT2D eigenvalue weighted by Crippen LogP contribution is 2.16. The van der Waals surface area contributed by atoms with Gasteiger partial charge in [-0.2, -0.15) is 0 Å². The summed E-state index contributed by atoms with van der Waals surface area (Å²) in [7, 11) is 0. The molecular formula is C31H41N3O9. The molecule has 0 radical (unpaired) electrons. The summed E-state index contributed by atoms with van der Waals surface area (Å²) in [6.45, 7) is 7.58. The van der Waals surface area contributed by atoms with Crippen LogP contribution < -0.4 is 20.7 Å². The first-order valence-corrected chi connectivity index (χ1v) is 14.1. The lowest BCUT2D eigenvalue weighted by atomic mass is 10.0. The smallest absolute Gasteiger partial charge is 0.408 e. The molecule has 0 saturated heterocycles. The normalized spacial score (nSPS) is 12.5. The molecule has 0 saturated carbocycles. The van der Waals surface area contributed by atoms with Crippen LogP contribution in [-0.2, 0) is 36.8 Å². The van der Waals surface area contributed by atoms with Crippen LogP contribution in [0.1, 0.15) is 58.1 Å². The van der Waals surface area contributed by atoms with Crippen molar-refractivity contribution in [3.05, 3.63) is 65.7 Å². The SMILES string of the molecule is CCCCCNC(=O)[C@H](Cc1ccc(OC(C(=O)O)C(=O)O)cc1)NC(=O)[C@H](Cc1ccccc1)NC(=O)OC(C)(C)C. The zero-order valence-electron chi connectivity index (χ0n) is 24.9. The standard InChI is InChI=1S/C31H41N3O9/c1-5-6-10-17-32-26(35)23(19-21-13-15-22(16-14-21)42-25(28(37)38)29(39)40)33-27(36)24(18-20-11-8-7-9-12-20)34-30(41)43-31(2,3)4/h7-9,11-16,23-25H,5-6,10,17-19H2,1-4H3,(H,32,35)(H,33,36)(H,34,41)(H,37,38)(H,39,40)/t23-,24-/m0/s1. The zero-order valence-corrected chi connectivity index (χ0v) is 24.9. The number of unbranched alkanes of at least 4 members (excludes halogenated alkanes) is 2.